The first-order valence-electron chi connectivity index (χ1n) is 10.2. The zero-order valence-corrected chi connectivity index (χ0v) is 17.8. The van der Waals surface area contributed by atoms with Crippen LogP contribution in [-0.4, -0.2) is 39.8 Å². The van der Waals surface area contributed by atoms with Gasteiger partial charge < -0.3 is 15.0 Å². The Bertz CT molecular complexity index is 482. The number of amides is 1. The predicted octanol–water partition coefficient (Wildman–Crippen LogP) is 4.48. The molecule has 2 fully saturated rings. The summed E-state index contributed by atoms with van der Waals surface area (Å²) < 4.78 is 6.73. The Hall–Kier alpha value is -0.610. The first-order valence-corrected chi connectivity index (χ1v) is 10.2. The number of hydrogen-bond acceptors (Lipinski definition) is 3. The van der Waals surface area contributed by atoms with Gasteiger partial charge in [0.25, 0.3) is 5.91 Å². The first-order chi connectivity index (χ1) is 11.4. The van der Waals surface area contributed by atoms with Crippen LogP contribution in [0.1, 0.15) is 93.9 Å². The molecule has 146 valence electrons. The van der Waals surface area contributed by atoms with E-state index < -0.39 is 11.3 Å². The second kappa shape index (κ2) is 6.84. The molecule has 1 unspecified atom stereocenters. The molecule has 0 aliphatic carbocycles. The number of rotatable bonds is 6. The first kappa shape index (κ1) is 20.7. The van der Waals surface area contributed by atoms with Crippen LogP contribution in [0.3, 0.4) is 0 Å². The molecule has 4 nitrogen and oxygen atoms in total. The van der Waals surface area contributed by atoms with Crippen molar-refractivity contribution in [2.24, 2.45) is 5.92 Å². The lowest BCUT2D eigenvalue weighted by molar-refractivity contribution is -0.190. The lowest BCUT2D eigenvalue weighted by atomic mass is 9.76. The molecule has 2 aliphatic rings. The van der Waals surface area contributed by atoms with Gasteiger partial charge in [-0.05, 0) is 47.0 Å². The summed E-state index contributed by atoms with van der Waals surface area (Å²) in [6.07, 6.45) is 6.36. The fourth-order valence-corrected chi connectivity index (χ4v) is 5.02. The molecule has 0 bridgehead atoms. The largest absolute Gasteiger partial charge is 0.339 e. The van der Waals surface area contributed by atoms with Gasteiger partial charge in [0.15, 0.2) is 0 Å². The van der Waals surface area contributed by atoms with E-state index in [0.29, 0.717) is 0 Å². The monoisotopic (exact) mass is 352 g/mol. The molecule has 0 aromatic carbocycles. The molecule has 4 heteroatoms. The number of ether oxygens (including phenoxy) is 1. The topological polar surface area (TPSA) is 41.6 Å². The number of carbonyl (C=O) groups is 1. The van der Waals surface area contributed by atoms with Crippen LogP contribution in [0.2, 0.25) is 0 Å². The third-order valence-electron chi connectivity index (χ3n) is 6.01. The van der Waals surface area contributed by atoms with Gasteiger partial charge in [0.2, 0.25) is 0 Å². The molecule has 2 saturated heterocycles. The molecule has 1 N–H and O–H groups in total. The van der Waals surface area contributed by atoms with Gasteiger partial charge in [-0.15, -0.1) is 0 Å². The lowest BCUT2D eigenvalue weighted by Crippen LogP contribution is -2.67. The van der Waals surface area contributed by atoms with Crippen LogP contribution in [0.5, 0.6) is 0 Å². The molecular formula is C21H40N2O2. The highest BCUT2D eigenvalue weighted by atomic mass is 16.6. The van der Waals surface area contributed by atoms with Crippen molar-refractivity contribution < 1.29 is 9.53 Å². The van der Waals surface area contributed by atoms with Crippen molar-refractivity contribution in [1.29, 1.82) is 0 Å². The highest BCUT2D eigenvalue weighted by Crippen LogP contribution is 2.49. The van der Waals surface area contributed by atoms with E-state index in [-0.39, 0.29) is 22.9 Å². The Morgan fingerprint density at radius 1 is 1.04 bits per heavy atom. The number of carbonyl (C=O) groups excluding carboxylic acids is 1. The molecule has 1 atom stereocenters. The number of unbranched alkanes of at least 4 members (excludes halogenated alkanes) is 3. The predicted molar refractivity (Wildman–Crippen MR) is 103 cm³/mol. The Morgan fingerprint density at radius 3 is 2.08 bits per heavy atom. The molecule has 2 rings (SSSR count). The molecule has 0 aromatic rings. The normalized spacial score (nSPS) is 30.4. The van der Waals surface area contributed by atoms with Crippen molar-refractivity contribution in [3.63, 3.8) is 0 Å². The molecule has 1 spiro atoms. The van der Waals surface area contributed by atoms with Gasteiger partial charge >= 0.3 is 0 Å². The SMILES string of the molecule is CCCCCCN1C(=O)C(C)(C(C)C)OC12CC(C)(C)NC(C)(C)C2. The minimum absolute atomic E-state index is 0.0636. The summed E-state index contributed by atoms with van der Waals surface area (Å²) in [4.78, 5) is 15.5. The van der Waals surface area contributed by atoms with Crippen LogP contribution in [0.15, 0.2) is 0 Å². The fraction of sp³-hybridized carbons (Fsp3) is 0.952. The minimum atomic E-state index is -0.714. The molecule has 0 aromatic heterocycles. The molecular weight excluding hydrogens is 312 g/mol. The summed E-state index contributed by atoms with van der Waals surface area (Å²) in [6.45, 7) is 18.1. The number of hydrogen-bond donors (Lipinski definition) is 1. The molecule has 25 heavy (non-hydrogen) atoms. The molecule has 2 aliphatic heterocycles. The maximum absolute atomic E-state index is 13.4. The maximum Gasteiger partial charge on any atom is 0.257 e. The summed E-state index contributed by atoms with van der Waals surface area (Å²) in [6, 6.07) is 0. The van der Waals surface area contributed by atoms with Crippen molar-refractivity contribution in [3.8, 4) is 0 Å². The van der Waals surface area contributed by atoms with Crippen LogP contribution in [-0.2, 0) is 9.53 Å². The van der Waals surface area contributed by atoms with Gasteiger partial charge in [-0.1, -0.05) is 40.0 Å². The number of nitrogens with one attached hydrogen (secondary N) is 1. The summed E-state index contributed by atoms with van der Waals surface area (Å²) in [7, 11) is 0. The number of nitrogens with zero attached hydrogens (tertiary/aromatic N) is 1. The van der Waals surface area contributed by atoms with Gasteiger partial charge in [0.1, 0.15) is 11.3 Å². The molecule has 0 radical (unpaired) electrons. The third kappa shape index (κ3) is 4.05. The Labute approximate surface area is 155 Å². The Kier molecular flexibility index (Phi) is 5.67. The average molecular weight is 353 g/mol. The van der Waals surface area contributed by atoms with E-state index in [0.717, 1.165) is 25.8 Å². The molecule has 0 saturated carbocycles. The van der Waals surface area contributed by atoms with E-state index in [1.807, 2.05) is 6.92 Å². The average Bonchev–Trinajstić information content (AvgIpc) is 2.61. The Morgan fingerprint density at radius 2 is 1.60 bits per heavy atom. The zero-order valence-electron chi connectivity index (χ0n) is 17.8. The van der Waals surface area contributed by atoms with Crippen LogP contribution in [0.25, 0.3) is 0 Å². The van der Waals surface area contributed by atoms with Gasteiger partial charge in [0.05, 0.1) is 0 Å². The van der Waals surface area contributed by atoms with Crippen LogP contribution in [0, 0.1) is 5.92 Å². The quantitative estimate of drug-likeness (QED) is 0.717. The van der Waals surface area contributed by atoms with E-state index in [1.54, 1.807) is 0 Å². The van der Waals surface area contributed by atoms with Gasteiger partial charge in [-0.3, -0.25) is 4.79 Å². The van der Waals surface area contributed by atoms with E-state index >= 15 is 0 Å². The fourth-order valence-electron chi connectivity index (χ4n) is 5.02. The van der Waals surface area contributed by atoms with Crippen molar-refractivity contribution in [1.82, 2.24) is 10.2 Å². The maximum atomic E-state index is 13.4. The van der Waals surface area contributed by atoms with Crippen LogP contribution < -0.4 is 5.32 Å². The van der Waals surface area contributed by atoms with Crippen molar-refractivity contribution in [2.75, 3.05) is 6.54 Å². The lowest BCUT2D eigenvalue weighted by Gasteiger charge is -2.53. The minimum Gasteiger partial charge on any atom is -0.339 e. The second-order valence-corrected chi connectivity index (χ2v) is 10.1. The zero-order chi connectivity index (χ0) is 19.1. The highest BCUT2D eigenvalue weighted by Gasteiger charge is 2.63. The van der Waals surface area contributed by atoms with Gasteiger partial charge in [-0.2, -0.15) is 0 Å². The van der Waals surface area contributed by atoms with Crippen LogP contribution >= 0.6 is 0 Å². The van der Waals surface area contributed by atoms with Crippen LogP contribution in [0.4, 0.5) is 0 Å². The van der Waals surface area contributed by atoms with Gasteiger partial charge in [0, 0.05) is 30.5 Å². The smallest absolute Gasteiger partial charge is 0.257 e. The molecule has 1 amide bonds. The second-order valence-electron chi connectivity index (χ2n) is 10.1. The summed E-state index contributed by atoms with van der Waals surface area (Å²) >= 11 is 0. The summed E-state index contributed by atoms with van der Waals surface area (Å²) in [5.41, 5.74) is -1.33. The van der Waals surface area contributed by atoms with E-state index in [2.05, 4.69) is 58.7 Å². The third-order valence-corrected chi connectivity index (χ3v) is 6.01. The standard InChI is InChI=1S/C21H40N2O2/c1-9-10-11-12-13-23-17(24)20(8,16(2)3)25-21(23)14-18(4,5)22-19(6,7)15-21/h16,22H,9-15H2,1-8H3. The summed E-state index contributed by atoms with van der Waals surface area (Å²) in [5.74, 6) is 0.353. The van der Waals surface area contributed by atoms with Crippen molar-refractivity contribution in [2.45, 2.75) is 116 Å². The van der Waals surface area contributed by atoms with Crippen molar-refractivity contribution >= 4 is 5.91 Å². The van der Waals surface area contributed by atoms with Crippen molar-refractivity contribution in [3.05, 3.63) is 0 Å². The highest BCUT2D eigenvalue weighted by molar-refractivity contribution is 5.87. The Balaban J connectivity index is 2.35. The van der Waals surface area contributed by atoms with Gasteiger partial charge in [-0.25, -0.2) is 0 Å². The summed E-state index contributed by atoms with van der Waals surface area (Å²) in [5, 5.41) is 3.73. The van der Waals surface area contributed by atoms with E-state index in [1.165, 1.54) is 19.3 Å². The van der Waals surface area contributed by atoms with E-state index in [9.17, 15) is 4.79 Å². The molecule has 2 heterocycles. The van der Waals surface area contributed by atoms with E-state index in [4.69, 9.17) is 4.74 Å². The number of piperidine rings is 1.